The maximum atomic E-state index is 12.9. The van der Waals surface area contributed by atoms with Crippen molar-refractivity contribution in [1.29, 1.82) is 0 Å². The van der Waals surface area contributed by atoms with Crippen LogP contribution in [0.1, 0.15) is 30.9 Å². The number of halogens is 3. The van der Waals surface area contributed by atoms with Crippen molar-refractivity contribution in [2.45, 2.75) is 37.6 Å². The molecule has 0 aliphatic carbocycles. The molecule has 0 spiro atoms. The molecule has 6 heteroatoms. The average molecular weight is 279 g/mol. The molecule has 0 saturated carbocycles. The van der Waals surface area contributed by atoms with Crippen LogP contribution < -0.4 is 0 Å². The summed E-state index contributed by atoms with van der Waals surface area (Å²) in [4.78, 5) is 2.05. The van der Waals surface area contributed by atoms with Gasteiger partial charge in [-0.25, -0.2) is 0 Å². The Balaban J connectivity index is 2.34. The fraction of sp³-hybridized carbons (Fsp3) is 0.667. The predicted molar refractivity (Wildman–Crippen MR) is 64.5 cm³/mol. The summed E-state index contributed by atoms with van der Waals surface area (Å²) in [5.74, 6) is 0. The summed E-state index contributed by atoms with van der Waals surface area (Å²) < 4.78 is 38.6. The summed E-state index contributed by atoms with van der Waals surface area (Å²) >= 11 is 0.994. The lowest BCUT2D eigenvalue weighted by molar-refractivity contribution is -0.141. The molecule has 1 N–H and O–H groups in total. The summed E-state index contributed by atoms with van der Waals surface area (Å²) in [6.07, 6.45) is -3.71. The Morgan fingerprint density at radius 1 is 1.44 bits per heavy atom. The van der Waals surface area contributed by atoms with Gasteiger partial charge < -0.3 is 10.0 Å². The first-order valence-corrected chi connectivity index (χ1v) is 6.75. The molecule has 0 radical (unpaired) electrons. The number of hydrogen-bond donors (Lipinski definition) is 1. The molecule has 1 aromatic rings. The van der Waals surface area contributed by atoms with Crippen molar-refractivity contribution in [3.05, 3.63) is 21.9 Å². The summed E-state index contributed by atoms with van der Waals surface area (Å²) in [6, 6.07) is 0.0738. The molecule has 2 heterocycles. The van der Waals surface area contributed by atoms with Crippen molar-refractivity contribution < 1.29 is 18.3 Å². The first kappa shape index (κ1) is 13.8. The Kier molecular flexibility index (Phi) is 3.46. The van der Waals surface area contributed by atoms with Crippen molar-refractivity contribution in [3.63, 3.8) is 0 Å². The Morgan fingerprint density at radius 2 is 2.11 bits per heavy atom. The van der Waals surface area contributed by atoms with Crippen molar-refractivity contribution in [2.75, 3.05) is 13.6 Å². The van der Waals surface area contributed by atoms with E-state index in [-0.39, 0.29) is 11.6 Å². The lowest BCUT2D eigenvalue weighted by Gasteiger charge is -2.41. The Bertz CT molecular complexity index is 431. The van der Waals surface area contributed by atoms with Gasteiger partial charge in [0.2, 0.25) is 0 Å². The van der Waals surface area contributed by atoms with E-state index in [9.17, 15) is 18.3 Å². The molecule has 0 bridgehead atoms. The predicted octanol–water partition coefficient (Wildman–Crippen LogP) is 3.07. The van der Waals surface area contributed by atoms with Crippen LogP contribution in [-0.2, 0) is 11.8 Å². The fourth-order valence-corrected chi connectivity index (χ4v) is 3.40. The van der Waals surface area contributed by atoms with Crippen LogP contribution in [0.5, 0.6) is 0 Å². The van der Waals surface area contributed by atoms with E-state index in [1.54, 1.807) is 0 Å². The average Bonchev–Trinajstić information content (AvgIpc) is 2.73. The van der Waals surface area contributed by atoms with E-state index < -0.39 is 17.3 Å². The molecule has 2 unspecified atom stereocenters. The highest BCUT2D eigenvalue weighted by atomic mass is 32.1. The van der Waals surface area contributed by atoms with Gasteiger partial charge in [-0.3, -0.25) is 0 Å². The third-order valence-corrected chi connectivity index (χ3v) is 4.48. The zero-order chi connectivity index (χ0) is 13.6. The third kappa shape index (κ3) is 2.41. The van der Waals surface area contributed by atoms with E-state index in [4.69, 9.17) is 0 Å². The van der Waals surface area contributed by atoms with Crippen molar-refractivity contribution >= 4 is 11.3 Å². The second-order valence-electron chi connectivity index (χ2n) is 5.01. The molecule has 0 aromatic carbocycles. The van der Waals surface area contributed by atoms with E-state index in [1.807, 2.05) is 18.9 Å². The van der Waals surface area contributed by atoms with Gasteiger partial charge in [0.15, 0.2) is 0 Å². The maximum absolute atomic E-state index is 12.9. The third-order valence-electron chi connectivity index (χ3n) is 3.73. The smallest absolute Gasteiger partial charge is 0.385 e. The lowest BCUT2D eigenvalue weighted by Crippen LogP contribution is -2.46. The van der Waals surface area contributed by atoms with Crippen LogP contribution in [0.4, 0.5) is 13.2 Å². The van der Waals surface area contributed by atoms with Crippen molar-refractivity contribution in [1.82, 2.24) is 4.90 Å². The number of alkyl halides is 3. The fourth-order valence-electron chi connectivity index (χ4n) is 2.45. The van der Waals surface area contributed by atoms with Gasteiger partial charge >= 0.3 is 6.18 Å². The normalized spacial score (nSPS) is 30.7. The molecular weight excluding hydrogens is 263 g/mol. The molecule has 18 heavy (non-hydrogen) atoms. The number of aliphatic hydroxyl groups is 1. The monoisotopic (exact) mass is 279 g/mol. The van der Waals surface area contributed by atoms with Gasteiger partial charge in [0.05, 0.1) is 11.2 Å². The van der Waals surface area contributed by atoms with Crippen LogP contribution in [-0.4, -0.2) is 29.6 Å². The largest absolute Gasteiger partial charge is 0.417 e. The number of nitrogens with zero attached hydrogens (tertiary/aromatic N) is 1. The number of rotatable bonds is 1. The van der Waals surface area contributed by atoms with Gasteiger partial charge in [0, 0.05) is 23.5 Å². The molecule has 1 saturated heterocycles. The highest BCUT2D eigenvalue weighted by Gasteiger charge is 2.44. The Hall–Kier alpha value is -0.590. The van der Waals surface area contributed by atoms with Crippen LogP contribution in [0.15, 0.2) is 10.8 Å². The van der Waals surface area contributed by atoms with Crippen molar-refractivity contribution in [2.24, 2.45) is 0 Å². The molecule has 1 aromatic heterocycles. The van der Waals surface area contributed by atoms with Gasteiger partial charge in [-0.2, -0.15) is 24.5 Å². The first-order valence-electron chi connectivity index (χ1n) is 5.80. The van der Waals surface area contributed by atoms with Crippen molar-refractivity contribution in [3.8, 4) is 0 Å². The SMILES string of the molecule is CC1CC(O)(c2cscc2C(F)(F)F)CCN1C. The molecule has 1 aliphatic heterocycles. The molecule has 2 atom stereocenters. The molecule has 2 nitrogen and oxygen atoms in total. The van der Waals surface area contributed by atoms with Gasteiger partial charge in [-0.15, -0.1) is 0 Å². The number of likely N-dealkylation sites (tertiary alicyclic amines) is 1. The minimum absolute atomic E-state index is 0.0416. The first-order chi connectivity index (χ1) is 8.24. The zero-order valence-electron chi connectivity index (χ0n) is 10.3. The quantitative estimate of drug-likeness (QED) is 0.854. The maximum Gasteiger partial charge on any atom is 0.417 e. The molecule has 1 fully saturated rings. The summed E-state index contributed by atoms with van der Waals surface area (Å²) in [6.45, 7) is 2.52. The van der Waals surface area contributed by atoms with Crippen LogP contribution in [0.2, 0.25) is 0 Å². The Morgan fingerprint density at radius 3 is 2.67 bits per heavy atom. The minimum atomic E-state index is -4.39. The highest BCUT2D eigenvalue weighted by molar-refractivity contribution is 7.08. The summed E-state index contributed by atoms with van der Waals surface area (Å²) in [7, 11) is 1.92. The Labute approximate surface area is 108 Å². The summed E-state index contributed by atoms with van der Waals surface area (Å²) in [5.41, 5.74) is -2.00. The standard InChI is InChI=1S/C12H16F3NOS/c1-8-5-11(17,3-4-16(8)2)9-6-18-7-10(9)12(13,14)15/h6-8,17H,3-5H2,1-2H3. The van der Waals surface area contributed by atoms with E-state index in [0.29, 0.717) is 19.4 Å². The second-order valence-corrected chi connectivity index (χ2v) is 5.76. The van der Waals surface area contributed by atoms with Crippen LogP contribution >= 0.6 is 11.3 Å². The van der Waals surface area contributed by atoms with Crippen LogP contribution in [0.3, 0.4) is 0 Å². The number of hydrogen-bond acceptors (Lipinski definition) is 3. The van der Waals surface area contributed by atoms with Gasteiger partial charge in [0.25, 0.3) is 0 Å². The van der Waals surface area contributed by atoms with Crippen LogP contribution in [0, 0.1) is 0 Å². The molecular formula is C12H16F3NOS. The number of piperidine rings is 1. The van der Waals surface area contributed by atoms with Gasteiger partial charge in [0.1, 0.15) is 0 Å². The van der Waals surface area contributed by atoms with Crippen LogP contribution in [0.25, 0.3) is 0 Å². The molecule has 1 aliphatic rings. The number of thiophene rings is 1. The highest BCUT2D eigenvalue weighted by Crippen LogP contribution is 2.43. The summed E-state index contributed by atoms with van der Waals surface area (Å²) in [5, 5.41) is 13.1. The van der Waals surface area contributed by atoms with Gasteiger partial charge in [-0.05, 0) is 32.2 Å². The minimum Gasteiger partial charge on any atom is -0.385 e. The van der Waals surface area contributed by atoms with Gasteiger partial charge in [-0.1, -0.05) is 0 Å². The zero-order valence-corrected chi connectivity index (χ0v) is 11.1. The molecule has 0 amide bonds. The van der Waals surface area contributed by atoms with E-state index >= 15 is 0 Å². The van der Waals surface area contributed by atoms with E-state index in [0.717, 1.165) is 16.7 Å². The molecule has 102 valence electrons. The second kappa shape index (κ2) is 4.51. The van der Waals surface area contributed by atoms with E-state index in [1.165, 1.54) is 5.38 Å². The lowest BCUT2D eigenvalue weighted by atomic mass is 9.81. The molecule has 2 rings (SSSR count). The van der Waals surface area contributed by atoms with E-state index in [2.05, 4.69) is 0 Å². The topological polar surface area (TPSA) is 23.5 Å².